The molecule has 1 aliphatic carbocycles. The summed E-state index contributed by atoms with van der Waals surface area (Å²) in [5, 5.41) is 3.44. The van der Waals surface area contributed by atoms with Crippen LogP contribution < -0.4 is 14.8 Å². The Morgan fingerprint density at radius 3 is 2.48 bits per heavy atom. The third-order valence-electron chi connectivity index (χ3n) is 4.64. The quantitative estimate of drug-likeness (QED) is 0.872. The van der Waals surface area contributed by atoms with Crippen LogP contribution in [0.25, 0.3) is 0 Å². The molecule has 0 radical (unpaired) electrons. The Balaban J connectivity index is 1.83. The van der Waals surface area contributed by atoms with Gasteiger partial charge in [0.25, 0.3) is 0 Å². The van der Waals surface area contributed by atoms with Gasteiger partial charge in [-0.15, -0.1) is 0 Å². The second kappa shape index (κ2) is 6.67. The fourth-order valence-corrected chi connectivity index (χ4v) is 3.22. The van der Waals surface area contributed by atoms with Gasteiger partial charge in [0.15, 0.2) is 11.5 Å². The molecule has 1 atom stereocenters. The van der Waals surface area contributed by atoms with Crippen LogP contribution in [0, 0.1) is 5.92 Å². The third kappa shape index (κ3) is 3.50. The van der Waals surface area contributed by atoms with Crippen LogP contribution in [0.1, 0.15) is 30.9 Å². The monoisotopic (exact) mass is 290 g/mol. The van der Waals surface area contributed by atoms with E-state index in [0.29, 0.717) is 6.04 Å². The van der Waals surface area contributed by atoms with Gasteiger partial charge < -0.3 is 14.8 Å². The number of benzene rings is 1. The van der Waals surface area contributed by atoms with Crippen LogP contribution in [0.5, 0.6) is 11.5 Å². The molecule has 4 nitrogen and oxygen atoms in total. The van der Waals surface area contributed by atoms with E-state index in [1.54, 1.807) is 14.2 Å². The van der Waals surface area contributed by atoms with Crippen molar-refractivity contribution in [1.82, 2.24) is 10.2 Å². The van der Waals surface area contributed by atoms with E-state index < -0.39 is 0 Å². The van der Waals surface area contributed by atoms with Gasteiger partial charge in [-0.05, 0) is 30.0 Å². The maximum Gasteiger partial charge on any atom is 0.161 e. The Bertz CT molecular complexity index is 468. The molecule has 1 aromatic rings. The molecule has 2 fully saturated rings. The smallest absolute Gasteiger partial charge is 0.161 e. The van der Waals surface area contributed by atoms with Crippen LogP contribution in [-0.4, -0.2) is 45.3 Å². The largest absolute Gasteiger partial charge is 0.493 e. The van der Waals surface area contributed by atoms with Crippen molar-refractivity contribution in [2.75, 3.05) is 40.4 Å². The summed E-state index contributed by atoms with van der Waals surface area (Å²) in [6, 6.07) is 6.92. The maximum atomic E-state index is 5.48. The highest BCUT2D eigenvalue weighted by molar-refractivity contribution is 5.43. The first-order chi connectivity index (χ1) is 10.3. The lowest BCUT2D eigenvalue weighted by Gasteiger charge is -2.35. The van der Waals surface area contributed by atoms with Gasteiger partial charge in [-0.1, -0.05) is 18.9 Å². The molecule has 1 heterocycles. The number of nitrogens with zero attached hydrogens (tertiary/aromatic N) is 1. The minimum absolute atomic E-state index is 0.513. The van der Waals surface area contributed by atoms with Crippen LogP contribution in [0.4, 0.5) is 0 Å². The molecule has 116 valence electrons. The highest BCUT2D eigenvalue weighted by Crippen LogP contribution is 2.41. The number of piperazine rings is 1. The highest BCUT2D eigenvalue weighted by atomic mass is 16.5. The van der Waals surface area contributed by atoms with Gasteiger partial charge in [0.1, 0.15) is 0 Å². The molecule has 1 saturated carbocycles. The van der Waals surface area contributed by atoms with E-state index in [2.05, 4.69) is 22.3 Å². The van der Waals surface area contributed by atoms with E-state index in [4.69, 9.17) is 9.47 Å². The minimum atomic E-state index is 0.513. The van der Waals surface area contributed by atoms with Crippen molar-refractivity contribution < 1.29 is 9.47 Å². The van der Waals surface area contributed by atoms with Gasteiger partial charge in [-0.2, -0.15) is 0 Å². The van der Waals surface area contributed by atoms with Gasteiger partial charge in [0, 0.05) is 32.2 Å². The van der Waals surface area contributed by atoms with Crippen LogP contribution in [-0.2, 0) is 0 Å². The summed E-state index contributed by atoms with van der Waals surface area (Å²) in [5.41, 5.74) is 1.36. The van der Waals surface area contributed by atoms with Crippen molar-refractivity contribution >= 4 is 0 Å². The first kappa shape index (κ1) is 14.7. The minimum Gasteiger partial charge on any atom is -0.493 e. The number of ether oxygens (including phenoxy) is 2. The number of rotatable bonds is 6. The summed E-state index contributed by atoms with van der Waals surface area (Å²) in [7, 11) is 3.40. The van der Waals surface area contributed by atoms with Crippen molar-refractivity contribution in [2.24, 2.45) is 5.92 Å². The van der Waals surface area contributed by atoms with Gasteiger partial charge in [-0.3, -0.25) is 4.90 Å². The SMILES string of the molecule is COc1ccc([C@H](CC2CC2)N2CCNCC2)cc1OC. The summed E-state index contributed by atoms with van der Waals surface area (Å²) in [4.78, 5) is 2.62. The van der Waals surface area contributed by atoms with E-state index >= 15 is 0 Å². The standard InChI is InChI=1S/C17H26N2O2/c1-20-16-6-5-14(12-17(16)21-2)15(11-13-3-4-13)19-9-7-18-8-10-19/h5-6,12-13,15,18H,3-4,7-11H2,1-2H3/t15-/m0/s1. The highest BCUT2D eigenvalue weighted by Gasteiger charge is 2.30. The fraction of sp³-hybridized carbons (Fsp3) is 0.647. The molecule has 1 aromatic carbocycles. The van der Waals surface area contributed by atoms with E-state index in [-0.39, 0.29) is 0 Å². The number of hydrogen-bond acceptors (Lipinski definition) is 4. The normalized spacial score (nSPS) is 21.0. The molecule has 0 unspecified atom stereocenters. The van der Waals surface area contributed by atoms with Gasteiger partial charge >= 0.3 is 0 Å². The molecule has 0 amide bonds. The van der Waals surface area contributed by atoms with Crippen LogP contribution >= 0.6 is 0 Å². The Hall–Kier alpha value is -1.26. The molecule has 2 aliphatic rings. The Morgan fingerprint density at radius 1 is 1.14 bits per heavy atom. The Labute approximate surface area is 127 Å². The van der Waals surface area contributed by atoms with E-state index in [0.717, 1.165) is 43.6 Å². The lowest BCUT2D eigenvalue weighted by Crippen LogP contribution is -2.45. The summed E-state index contributed by atoms with van der Waals surface area (Å²) >= 11 is 0. The molecule has 0 aromatic heterocycles. The zero-order valence-corrected chi connectivity index (χ0v) is 13.1. The molecule has 4 heteroatoms. The van der Waals surface area contributed by atoms with Crippen LogP contribution in [0.3, 0.4) is 0 Å². The molecule has 1 aliphatic heterocycles. The third-order valence-corrected chi connectivity index (χ3v) is 4.64. The predicted molar refractivity (Wildman–Crippen MR) is 84.1 cm³/mol. The fourth-order valence-electron chi connectivity index (χ4n) is 3.22. The van der Waals surface area contributed by atoms with Crippen molar-refractivity contribution in [3.63, 3.8) is 0 Å². The maximum absolute atomic E-state index is 5.48. The van der Waals surface area contributed by atoms with E-state index in [1.807, 2.05) is 6.07 Å². The van der Waals surface area contributed by atoms with Crippen molar-refractivity contribution in [1.29, 1.82) is 0 Å². The molecular formula is C17H26N2O2. The molecule has 1 N–H and O–H groups in total. The average molecular weight is 290 g/mol. The van der Waals surface area contributed by atoms with Crippen LogP contribution in [0.15, 0.2) is 18.2 Å². The summed E-state index contributed by atoms with van der Waals surface area (Å²) < 4.78 is 10.8. The lowest BCUT2D eigenvalue weighted by atomic mass is 9.98. The van der Waals surface area contributed by atoms with Gasteiger partial charge in [-0.25, -0.2) is 0 Å². The van der Waals surface area contributed by atoms with Crippen molar-refractivity contribution in [3.05, 3.63) is 23.8 Å². The topological polar surface area (TPSA) is 33.7 Å². The first-order valence-electron chi connectivity index (χ1n) is 7.98. The summed E-state index contributed by atoms with van der Waals surface area (Å²) in [6.07, 6.45) is 4.07. The van der Waals surface area contributed by atoms with Crippen LogP contribution in [0.2, 0.25) is 0 Å². The molecule has 0 spiro atoms. The molecule has 21 heavy (non-hydrogen) atoms. The van der Waals surface area contributed by atoms with E-state index in [9.17, 15) is 0 Å². The molecule has 3 rings (SSSR count). The number of methoxy groups -OCH3 is 2. The van der Waals surface area contributed by atoms with Gasteiger partial charge in [0.2, 0.25) is 0 Å². The molecular weight excluding hydrogens is 264 g/mol. The molecule has 1 saturated heterocycles. The van der Waals surface area contributed by atoms with Crippen molar-refractivity contribution in [2.45, 2.75) is 25.3 Å². The first-order valence-corrected chi connectivity index (χ1v) is 7.98. The van der Waals surface area contributed by atoms with Gasteiger partial charge in [0.05, 0.1) is 14.2 Å². The Morgan fingerprint density at radius 2 is 1.86 bits per heavy atom. The lowest BCUT2D eigenvalue weighted by molar-refractivity contribution is 0.160. The Kier molecular flexibility index (Phi) is 4.66. The van der Waals surface area contributed by atoms with E-state index in [1.165, 1.54) is 24.8 Å². The number of hydrogen-bond donors (Lipinski definition) is 1. The second-order valence-corrected chi connectivity index (χ2v) is 6.10. The average Bonchev–Trinajstić information content (AvgIpc) is 3.37. The number of nitrogens with one attached hydrogen (secondary N) is 1. The predicted octanol–water partition coefficient (Wildman–Crippen LogP) is 2.45. The molecule has 0 bridgehead atoms. The summed E-state index contributed by atoms with van der Waals surface area (Å²) in [5.74, 6) is 2.57. The van der Waals surface area contributed by atoms with Crippen molar-refractivity contribution in [3.8, 4) is 11.5 Å². The zero-order valence-electron chi connectivity index (χ0n) is 13.1. The summed E-state index contributed by atoms with van der Waals surface area (Å²) in [6.45, 7) is 4.44. The zero-order chi connectivity index (χ0) is 14.7. The second-order valence-electron chi connectivity index (χ2n) is 6.10.